The van der Waals surface area contributed by atoms with Crippen molar-refractivity contribution in [2.75, 3.05) is 18.1 Å². The second-order valence-corrected chi connectivity index (χ2v) is 5.96. The van der Waals surface area contributed by atoms with Crippen molar-refractivity contribution in [1.82, 2.24) is 0 Å². The number of benzene rings is 2. The number of hydrogen-bond donors (Lipinski definition) is 1. The van der Waals surface area contributed by atoms with Gasteiger partial charge < -0.3 is 14.7 Å². The lowest BCUT2D eigenvalue weighted by molar-refractivity contribution is -0.121. The number of anilines is 1. The Kier molecular flexibility index (Phi) is 6.59. The standard InChI is InChI=1S/C19H17ClN2O4/c1-13-3-6-15(7-4-13)22(10-2-9-21)18(24)12-26-19(25)16-8-5-14(20)11-17(16)23/h3-8,11,23H,2,10,12H2,1H3. The summed E-state index contributed by atoms with van der Waals surface area (Å²) in [7, 11) is 0. The number of aryl methyl sites for hydroxylation is 1. The van der Waals surface area contributed by atoms with E-state index in [0.29, 0.717) is 5.69 Å². The normalized spacial score (nSPS) is 10.0. The number of amides is 1. The first-order valence-corrected chi connectivity index (χ1v) is 8.20. The van der Waals surface area contributed by atoms with Crippen LogP contribution in [-0.4, -0.2) is 30.1 Å². The molecule has 0 spiro atoms. The summed E-state index contributed by atoms with van der Waals surface area (Å²) in [6, 6.07) is 13.2. The second kappa shape index (κ2) is 8.88. The Hall–Kier alpha value is -3.04. The Morgan fingerprint density at radius 2 is 1.92 bits per heavy atom. The molecule has 2 aromatic carbocycles. The molecular weight excluding hydrogens is 356 g/mol. The highest BCUT2D eigenvalue weighted by Crippen LogP contribution is 2.23. The predicted octanol–water partition coefficient (Wildman–Crippen LogP) is 3.46. The quantitative estimate of drug-likeness (QED) is 0.784. The molecular formula is C19H17ClN2O4. The van der Waals surface area contributed by atoms with Crippen LogP contribution in [0.25, 0.3) is 0 Å². The number of phenolic OH excluding ortho intramolecular Hbond substituents is 1. The summed E-state index contributed by atoms with van der Waals surface area (Å²) < 4.78 is 5.00. The summed E-state index contributed by atoms with van der Waals surface area (Å²) in [4.78, 5) is 25.9. The van der Waals surface area contributed by atoms with Gasteiger partial charge in [0.05, 0.1) is 12.5 Å². The van der Waals surface area contributed by atoms with E-state index in [0.717, 1.165) is 5.56 Å². The summed E-state index contributed by atoms with van der Waals surface area (Å²) in [5.41, 5.74) is 1.56. The van der Waals surface area contributed by atoms with Crippen LogP contribution in [0.4, 0.5) is 5.69 Å². The minimum absolute atomic E-state index is 0.0823. The van der Waals surface area contributed by atoms with Gasteiger partial charge in [-0.1, -0.05) is 29.3 Å². The first-order chi connectivity index (χ1) is 12.4. The van der Waals surface area contributed by atoms with Crippen molar-refractivity contribution in [3.05, 3.63) is 58.6 Å². The first kappa shape index (κ1) is 19.3. The monoisotopic (exact) mass is 372 g/mol. The van der Waals surface area contributed by atoms with Crippen LogP contribution in [0.2, 0.25) is 5.02 Å². The average Bonchev–Trinajstić information content (AvgIpc) is 2.61. The van der Waals surface area contributed by atoms with Gasteiger partial charge in [-0.15, -0.1) is 0 Å². The van der Waals surface area contributed by atoms with Crippen molar-refractivity contribution in [2.24, 2.45) is 0 Å². The molecule has 6 nitrogen and oxygen atoms in total. The molecule has 0 heterocycles. The molecule has 1 amide bonds. The van der Waals surface area contributed by atoms with Gasteiger partial charge in [0.1, 0.15) is 11.3 Å². The molecule has 0 saturated heterocycles. The van der Waals surface area contributed by atoms with E-state index in [-0.39, 0.29) is 29.3 Å². The maximum absolute atomic E-state index is 12.5. The van der Waals surface area contributed by atoms with Crippen LogP contribution in [0.15, 0.2) is 42.5 Å². The van der Waals surface area contributed by atoms with Crippen LogP contribution in [0.5, 0.6) is 5.75 Å². The zero-order valence-electron chi connectivity index (χ0n) is 14.1. The molecule has 134 valence electrons. The van der Waals surface area contributed by atoms with Gasteiger partial charge in [0.2, 0.25) is 0 Å². The van der Waals surface area contributed by atoms with E-state index in [4.69, 9.17) is 21.6 Å². The van der Waals surface area contributed by atoms with Crippen molar-refractivity contribution in [3.63, 3.8) is 0 Å². The lowest BCUT2D eigenvalue weighted by atomic mass is 10.2. The number of halogens is 1. The number of carbonyl (C=O) groups is 2. The number of nitriles is 1. The number of nitrogens with zero attached hydrogens (tertiary/aromatic N) is 2. The van der Waals surface area contributed by atoms with Gasteiger partial charge in [-0.05, 0) is 37.3 Å². The summed E-state index contributed by atoms with van der Waals surface area (Å²) in [5, 5.41) is 18.8. The third kappa shape index (κ3) is 4.98. The van der Waals surface area contributed by atoms with E-state index >= 15 is 0 Å². The van der Waals surface area contributed by atoms with Crippen LogP contribution < -0.4 is 4.90 Å². The Balaban J connectivity index is 2.07. The van der Waals surface area contributed by atoms with Crippen molar-refractivity contribution < 1.29 is 19.4 Å². The first-order valence-electron chi connectivity index (χ1n) is 7.82. The van der Waals surface area contributed by atoms with Crippen LogP contribution in [0.3, 0.4) is 0 Å². The van der Waals surface area contributed by atoms with E-state index in [1.165, 1.54) is 23.1 Å². The topological polar surface area (TPSA) is 90.6 Å². The molecule has 1 N–H and O–H groups in total. The van der Waals surface area contributed by atoms with E-state index in [1.54, 1.807) is 12.1 Å². The van der Waals surface area contributed by atoms with Crippen molar-refractivity contribution in [1.29, 1.82) is 5.26 Å². The van der Waals surface area contributed by atoms with Gasteiger partial charge in [0, 0.05) is 17.3 Å². The molecule has 0 bridgehead atoms. The Bertz CT molecular complexity index is 844. The summed E-state index contributed by atoms with van der Waals surface area (Å²) in [6.07, 6.45) is 0.144. The molecule has 0 saturated carbocycles. The number of aromatic hydroxyl groups is 1. The second-order valence-electron chi connectivity index (χ2n) is 5.53. The van der Waals surface area contributed by atoms with E-state index in [1.807, 2.05) is 25.1 Å². The smallest absolute Gasteiger partial charge is 0.342 e. The number of carbonyl (C=O) groups excluding carboxylic acids is 2. The van der Waals surface area contributed by atoms with Crippen LogP contribution in [0, 0.1) is 18.3 Å². The minimum atomic E-state index is -0.836. The predicted molar refractivity (Wildman–Crippen MR) is 97.2 cm³/mol. The fraction of sp³-hybridized carbons (Fsp3) is 0.211. The highest BCUT2D eigenvalue weighted by atomic mass is 35.5. The molecule has 0 atom stereocenters. The molecule has 7 heteroatoms. The van der Waals surface area contributed by atoms with E-state index in [9.17, 15) is 14.7 Å². The highest BCUT2D eigenvalue weighted by molar-refractivity contribution is 6.30. The fourth-order valence-corrected chi connectivity index (χ4v) is 2.41. The molecule has 0 radical (unpaired) electrons. The third-order valence-corrected chi connectivity index (χ3v) is 3.84. The molecule has 0 fully saturated rings. The lowest BCUT2D eigenvalue weighted by Crippen LogP contribution is -2.35. The fourth-order valence-electron chi connectivity index (χ4n) is 2.24. The Morgan fingerprint density at radius 3 is 2.54 bits per heavy atom. The molecule has 0 aliphatic heterocycles. The molecule has 0 aliphatic carbocycles. The Morgan fingerprint density at radius 1 is 1.23 bits per heavy atom. The molecule has 2 rings (SSSR count). The summed E-state index contributed by atoms with van der Waals surface area (Å²) in [6.45, 7) is 1.59. The number of ether oxygens (including phenoxy) is 1. The largest absolute Gasteiger partial charge is 0.507 e. The van der Waals surface area contributed by atoms with Crippen molar-refractivity contribution in [2.45, 2.75) is 13.3 Å². The van der Waals surface area contributed by atoms with Gasteiger partial charge in [-0.25, -0.2) is 4.79 Å². The van der Waals surface area contributed by atoms with Gasteiger partial charge in [0.25, 0.3) is 5.91 Å². The van der Waals surface area contributed by atoms with Crippen LogP contribution >= 0.6 is 11.6 Å². The van der Waals surface area contributed by atoms with E-state index < -0.39 is 18.5 Å². The number of phenols is 1. The van der Waals surface area contributed by atoms with Gasteiger partial charge in [-0.3, -0.25) is 4.79 Å². The zero-order chi connectivity index (χ0) is 19.1. The van der Waals surface area contributed by atoms with Gasteiger partial charge >= 0.3 is 5.97 Å². The molecule has 0 unspecified atom stereocenters. The highest BCUT2D eigenvalue weighted by Gasteiger charge is 2.19. The van der Waals surface area contributed by atoms with Crippen molar-refractivity contribution in [3.8, 4) is 11.8 Å². The maximum atomic E-state index is 12.5. The SMILES string of the molecule is Cc1ccc(N(CCC#N)C(=O)COC(=O)c2ccc(Cl)cc2O)cc1. The maximum Gasteiger partial charge on any atom is 0.342 e. The molecule has 2 aromatic rings. The number of hydrogen-bond acceptors (Lipinski definition) is 5. The van der Waals surface area contributed by atoms with E-state index in [2.05, 4.69) is 0 Å². The lowest BCUT2D eigenvalue weighted by Gasteiger charge is -2.22. The minimum Gasteiger partial charge on any atom is -0.507 e. The van der Waals surface area contributed by atoms with Gasteiger partial charge in [-0.2, -0.15) is 5.26 Å². The average molecular weight is 373 g/mol. The zero-order valence-corrected chi connectivity index (χ0v) is 14.9. The number of esters is 1. The molecule has 0 aromatic heterocycles. The van der Waals surface area contributed by atoms with Gasteiger partial charge in [0.15, 0.2) is 6.61 Å². The number of rotatable bonds is 6. The Labute approximate surface area is 156 Å². The molecule has 26 heavy (non-hydrogen) atoms. The summed E-state index contributed by atoms with van der Waals surface area (Å²) >= 11 is 5.72. The van der Waals surface area contributed by atoms with Crippen molar-refractivity contribution >= 4 is 29.2 Å². The molecule has 0 aliphatic rings. The van der Waals surface area contributed by atoms with Crippen LogP contribution in [-0.2, 0) is 9.53 Å². The summed E-state index contributed by atoms with van der Waals surface area (Å²) in [5.74, 6) is -1.63. The van der Waals surface area contributed by atoms with Crippen LogP contribution in [0.1, 0.15) is 22.3 Å². The third-order valence-electron chi connectivity index (χ3n) is 3.60.